The molecule has 2 heterocycles. The number of carbonyl (C=O) groups excluding carboxylic acids is 1. The molecule has 2 aromatic heterocycles. The number of aromatic amines is 1. The molecule has 0 saturated heterocycles. The van der Waals surface area contributed by atoms with Gasteiger partial charge >= 0.3 is 0 Å². The first kappa shape index (κ1) is 19.8. The predicted molar refractivity (Wildman–Crippen MR) is 118 cm³/mol. The van der Waals surface area contributed by atoms with Crippen LogP contribution in [0, 0.1) is 0 Å². The van der Waals surface area contributed by atoms with Gasteiger partial charge in [-0.1, -0.05) is 30.0 Å². The van der Waals surface area contributed by atoms with Crippen molar-refractivity contribution in [2.75, 3.05) is 25.3 Å². The fourth-order valence-electron chi connectivity index (χ4n) is 3.18. The highest BCUT2D eigenvalue weighted by atomic mass is 32.2. The van der Waals surface area contributed by atoms with Crippen molar-refractivity contribution in [3.8, 4) is 11.5 Å². The smallest absolute Gasteiger partial charge is 0.278 e. The topological polar surface area (TPSA) is 98.2 Å². The van der Waals surface area contributed by atoms with Crippen molar-refractivity contribution >= 4 is 45.3 Å². The van der Waals surface area contributed by atoms with Gasteiger partial charge in [-0.15, -0.1) is 0 Å². The summed E-state index contributed by atoms with van der Waals surface area (Å²) in [7, 11) is 4.73. The van der Waals surface area contributed by atoms with Gasteiger partial charge in [-0.05, 0) is 18.2 Å². The number of nitrogens with zero attached hydrogens (tertiary/aromatic N) is 2. The maximum absolute atomic E-state index is 12.8. The molecule has 0 aliphatic rings. The van der Waals surface area contributed by atoms with Crippen LogP contribution in [-0.2, 0) is 11.8 Å². The Bertz CT molecular complexity index is 1310. The van der Waals surface area contributed by atoms with E-state index in [2.05, 4.69) is 15.3 Å². The fraction of sp³-hybridized carbons (Fsp3) is 0.190. The van der Waals surface area contributed by atoms with Gasteiger partial charge in [0.25, 0.3) is 5.56 Å². The maximum atomic E-state index is 12.8. The SMILES string of the molecule is COc1ccc(OC)c(NC(=O)CSc2nc3c([nH]c4ccccc43)c(=O)n2C)c1. The van der Waals surface area contributed by atoms with E-state index in [0.29, 0.717) is 33.4 Å². The molecule has 8 nitrogen and oxygen atoms in total. The van der Waals surface area contributed by atoms with E-state index in [4.69, 9.17) is 9.47 Å². The summed E-state index contributed by atoms with van der Waals surface area (Å²) in [5.74, 6) is 0.960. The fourth-order valence-corrected chi connectivity index (χ4v) is 3.95. The minimum absolute atomic E-state index is 0.0779. The molecule has 0 unspecified atom stereocenters. The van der Waals surface area contributed by atoms with Gasteiger partial charge in [0.1, 0.15) is 22.5 Å². The second kappa shape index (κ2) is 8.11. The van der Waals surface area contributed by atoms with E-state index in [1.165, 1.54) is 23.4 Å². The number of thioether (sulfide) groups is 1. The summed E-state index contributed by atoms with van der Waals surface area (Å²) in [6.45, 7) is 0. The van der Waals surface area contributed by atoms with Crippen LogP contribution in [-0.4, -0.2) is 40.4 Å². The summed E-state index contributed by atoms with van der Waals surface area (Å²) in [5.41, 5.74) is 2.23. The average molecular weight is 424 g/mol. The van der Waals surface area contributed by atoms with Crippen LogP contribution >= 0.6 is 11.8 Å². The number of hydrogen-bond donors (Lipinski definition) is 2. The Hall–Kier alpha value is -3.46. The number of carbonyl (C=O) groups is 1. The van der Waals surface area contributed by atoms with Crippen molar-refractivity contribution in [3.63, 3.8) is 0 Å². The summed E-state index contributed by atoms with van der Waals surface area (Å²) >= 11 is 1.19. The zero-order valence-electron chi connectivity index (χ0n) is 16.7. The number of amides is 1. The molecule has 0 bridgehead atoms. The molecule has 154 valence electrons. The lowest BCUT2D eigenvalue weighted by atomic mass is 10.2. The van der Waals surface area contributed by atoms with E-state index in [1.54, 1.807) is 32.4 Å². The predicted octanol–water partition coefficient (Wildman–Crippen LogP) is 3.16. The lowest BCUT2D eigenvalue weighted by Crippen LogP contribution is -2.21. The summed E-state index contributed by atoms with van der Waals surface area (Å²) in [4.78, 5) is 33.0. The third kappa shape index (κ3) is 3.59. The van der Waals surface area contributed by atoms with Gasteiger partial charge in [-0.2, -0.15) is 0 Å². The summed E-state index contributed by atoms with van der Waals surface area (Å²) in [5, 5.41) is 4.15. The molecule has 4 aromatic rings. The highest BCUT2D eigenvalue weighted by Crippen LogP contribution is 2.29. The van der Waals surface area contributed by atoms with Gasteiger partial charge in [-0.3, -0.25) is 14.2 Å². The van der Waals surface area contributed by atoms with Crippen LogP contribution in [0.15, 0.2) is 52.4 Å². The first-order valence-corrected chi connectivity index (χ1v) is 10.1. The molecule has 4 rings (SSSR count). The van der Waals surface area contributed by atoms with Gasteiger partial charge in [0.15, 0.2) is 5.16 Å². The van der Waals surface area contributed by atoms with E-state index >= 15 is 0 Å². The highest BCUT2D eigenvalue weighted by Gasteiger charge is 2.15. The minimum atomic E-state index is -0.250. The number of methoxy groups -OCH3 is 2. The number of benzene rings is 2. The molecule has 0 radical (unpaired) electrons. The molecule has 2 N–H and O–H groups in total. The van der Waals surface area contributed by atoms with Crippen LogP contribution in [0.5, 0.6) is 11.5 Å². The zero-order chi connectivity index (χ0) is 21.3. The van der Waals surface area contributed by atoms with Gasteiger partial charge in [0, 0.05) is 24.0 Å². The lowest BCUT2D eigenvalue weighted by Gasteiger charge is -2.12. The van der Waals surface area contributed by atoms with Crippen molar-refractivity contribution < 1.29 is 14.3 Å². The Balaban J connectivity index is 1.58. The second-order valence-electron chi connectivity index (χ2n) is 6.56. The normalized spacial score (nSPS) is 11.0. The van der Waals surface area contributed by atoms with Crippen molar-refractivity contribution in [2.45, 2.75) is 5.16 Å². The molecule has 0 atom stereocenters. The maximum Gasteiger partial charge on any atom is 0.278 e. The first-order valence-electron chi connectivity index (χ1n) is 9.14. The number of para-hydroxylation sites is 1. The van der Waals surface area contributed by atoms with Crippen LogP contribution < -0.4 is 20.3 Å². The molecule has 2 aromatic carbocycles. The van der Waals surface area contributed by atoms with Crippen LogP contribution in [0.2, 0.25) is 0 Å². The monoisotopic (exact) mass is 424 g/mol. The van der Waals surface area contributed by atoms with E-state index in [9.17, 15) is 9.59 Å². The number of ether oxygens (including phenoxy) is 2. The highest BCUT2D eigenvalue weighted by molar-refractivity contribution is 7.99. The van der Waals surface area contributed by atoms with E-state index in [0.717, 1.165) is 10.9 Å². The number of anilines is 1. The molecule has 1 amide bonds. The van der Waals surface area contributed by atoms with E-state index in [-0.39, 0.29) is 17.2 Å². The van der Waals surface area contributed by atoms with Gasteiger partial charge < -0.3 is 19.8 Å². The molecule has 30 heavy (non-hydrogen) atoms. The van der Waals surface area contributed by atoms with Crippen molar-refractivity contribution in [1.82, 2.24) is 14.5 Å². The van der Waals surface area contributed by atoms with E-state index < -0.39 is 0 Å². The molecule has 0 fully saturated rings. The van der Waals surface area contributed by atoms with Gasteiger partial charge in [-0.25, -0.2) is 4.98 Å². The first-order chi connectivity index (χ1) is 14.5. The molecular weight excluding hydrogens is 404 g/mol. The van der Waals surface area contributed by atoms with Gasteiger partial charge in [0.2, 0.25) is 5.91 Å². The Labute approximate surface area is 176 Å². The van der Waals surface area contributed by atoms with Crippen molar-refractivity contribution in [2.24, 2.45) is 7.05 Å². The number of nitrogens with one attached hydrogen (secondary N) is 2. The van der Waals surface area contributed by atoms with E-state index in [1.807, 2.05) is 24.3 Å². The average Bonchev–Trinajstić information content (AvgIpc) is 3.14. The number of rotatable bonds is 6. The standard InChI is InChI=1S/C21H20N4O4S/c1-25-20(27)19-18(13-6-4-5-7-14(13)23-19)24-21(25)30-11-17(26)22-15-10-12(28-2)8-9-16(15)29-3/h4-10,23H,11H2,1-3H3,(H,22,26). The Morgan fingerprint density at radius 2 is 2.00 bits per heavy atom. The van der Waals surface area contributed by atoms with Crippen molar-refractivity contribution in [1.29, 1.82) is 0 Å². The molecule has 0 aliphatic heterocycles. The van der Waals surface area contributed by atoms with Crippen LogP contribution in [0.3, 0.4) is 0 Å². The Kier molecular flexibility index (Phi) is 5.37. The quantitative estimate of drug-likeness (QED) is 0.364. The largest absolute Gasteiger partial charge is 0.497 e. The molecular formula is C21H20N4O4S. The number of aromatic nitrogens is 3. The van der Waals surface area contributed by atoms with Crippen LogP contribution in [0.25, 0.3) is 21.9 Å². The summed E-state index contributed by atoms with van der Waals surface area (Å²) in [6.07, 6.45) is 0. The molecule has 9 heteroatoms. The zero-order valence-corrected chi connectivity index (χ0v) is 17.5. The lowest BCUT2D eigenvalue weighted by molar-refractivity contribution is -0.113. The number of hydrogen-bond acceptors (Lipinski definition) is 6. The summed E-state index contributed by atoms with van der Waals surface area (Å²) in [6, 6.07) is 12.8. The molecule has 0 saturated carbocycles. The van der Waals surface area contributed by atoms with Crippen molar-refractivity contribution in [3.05, 3.63) is 52.8 Å². The third-order valence-corrected chi connectivity index (χ3v) is 5.73. The Morgan fingerprint density at radius 1 is 1.20 bits per heavy atom. The number of fused-ring (bicyclic) bond motifs is 3. The Morgan fingerprint density at radius 3 is 2.77 bits per heavy atom. The number of H-pyrrole nitrogens is 1. The van der Waals surface area contributed by atoms with Crippen LogP contribution in [0.1, 0.15) is 0 Å². The molecule has 0 aliphatic carbocycles. The minimum Gasteiger partial charge on any atom is -0.497 e. The van der Waals surface area contributed by atoms with Crippen LogP contribution in [0.4, 0.5) is 5.69 Å². The second-order valence-corrected chi connectivity index (χ2v) is 7.50. The van der Waals surface area contributed by atoms with Gasteiger partial charge in [0.05, 0.1) is 25.7 Å². The third-order valence-electron chi connectivity index (χ3n) is 4.70. The molecule has 0 spiro atoms. The summed E-state index contributed by atoms with van der Waals surface area (Å²) < 4.78 is 11.9.